The molecule has 1 amide bonds. The predicted molar refractivity (Wildman–Crippen MR) is 50.4 cm³/mol. The summed E-state index contributed by atoms with van der Waals surface area (Å²) in [5, 5.41) is 18.7. The standard InChI is InChI=1S/C9H13N3O2/c1-6(2)9(14)10-5-7-3-4-8(13)12-11-7/h3-4,6H,5H2,1-2H3,(H,10,14)(H,12,13). The number of amides is 1. The van der Waals surface area contributed by atoms with Gasteiger partial charge in [-0.25, -0.2) is 0 Å². The first-order chi connectivity index (χ1) is 6.59. The molecule has 0 aliphatic carbocycles. The minimum Gasteiger partial charge on any atom is -0.492 e. The van der Waals surface area contributed by atoms with Crippen molar-refractivity contribution in [3.8, 4) is 5.88 Å². The van der Waals surface area contributed by atoms with Gasteiger partial charge in [-0.15, -0.1) is 5.10 Å². The SMILES string of the molecule is CC(C)C(=O)NCc1ccc(O)nn1. The van der Waals surface area contributed by atoms with Crippen LogP contribution in [0.4, 0.5) is 0 Å². The zero-order chi connectivity index (χ0) is 10.6. The third kappa shape index (κ3) is 3.01. The van der Waals surface area contributed by atoms with E-state index in [-0.39, 0.29) is 17.7 Å². The largest absolute Gasteiger partial charge is 0.492 e. The Kier molecular flexibility index (Phi) is 3.39. The Morgan fingerprint density at radius 1 is 1.50 bits per heavy atom. The Bertz CT molecular complexity index is 308. The molecule has 0 aliphatic rings. The molecule has 14 heavy (non-hydrogen) atoms. The van der Waals surface area contributed by atoms with Crippen LogP contribution in [-0.4, -0.2) is 21.2 Å². The van der Waals surface area contributed by atoms with Crippen LogP contribution in [0.15, 0.2) is 12.1 Å². The molecule has 1 aromatic heterocycles. The zero-order valence-electron chi connectivity index (χ0n) is 8.19. The number of aromatic nitrogens is 2. The molecule has 2 N–H and O–H groups in total. The molecular weight excluding hydrogens is 182 g/mol. The summed E-state index contributed by atoms with van der Waals surface area (Å²) in [5.74, 6) is -0.191. The second-order valence-corrected chi connectivity index (χ2v) is 3.26. The molecule has 5 nitrogen and oxygen atoms in total. The van der Waals surface area contributed by atoms with Crippen molar-refractivity contribution in [2.24, 2.45) is 5.92 Å². The number of nitrogens with one attached hydrogen (secondary N) is 1. The maximum atomic E-state index is 11.2. The predicted octanol–water partition coefficient (Wildman–Crippen LogP) is 0.454. The van der Waals surface area contributed by atoms with Gasteiger partial charge in [-0.2, -0.15) is 5.10 Å². The average Bonchev–Trinajstić information content (AvgIpc) is 2.16. The highest BCUT2D eigenvalue weighted by atomic mass is 16.3. The summed E-state index contributed by atoms with van der Waals surface area (Å²) >= 11 is 0. The maximum absolute atomic E-state index is 11.2. The van der Waals surface area contributed by atoms with E-state index in [1.807, 2.05) is 13.8 Å². The number of aromatic hydroxyl groups is 1. The Morgan fingerprint density at radius 3 is 2.71 bits per heavy atom. The molecule has 0 bridgehead atoms. The lowest BCUT2D eigenvalue weighted by atomic mass is 10.2. The molecule has 0 fully saturated rings. The molecule has 76 valence electrons. The minimum atomic E-state index is -0.121. The average molecular weight is 195 g/mol. The third-order valence-corrected chi connectivity index (χ3v) is 1.67. The van der Waals surface area contributed by atoms with Crippen LogP contribution in [0.1, 0.15) is 19.5 Å². The van der Waals surface area contributed by atoms with Crippen LogP contribution in [0.2, 0.25) is 0 Å². The van der Waals surface area contributed by atoms with Crippen LogP contribution < -0.4 is 5.32 Å². The number of hydrogen-bond donors (Lipinski definition) is 2. The van der Waals surface area contributed by atoms with Crippen molar-refractivity contribution in [2.75, 3.05) is 0 Å². The summed E-state index contributed by atoms with van der Waals surface area (Å²) < 4.78 is 0. The Morgan fingerprint density at radius 2 is 2.21 bits per heavy atom. The highest BCUT2D eigenvalue weighted by molar-refractivity contribution is 5.77. The van der Waals surface area contributed by atoms with Crippen LogP contribution in [0.3, 0.4) is 0 Å². The lowest BCUT2D eigenvalue weighted by Crippen LogP contribution is -2.27. The quantitative estimate of drug-likeness (QED) is 0.734. The molecule has 5 heteroatoms. The van der Waals surface area contributed by atoms with Crippen LogP contribution in [0, 0.1) is 5.92 Å². The van der Waals surface area contributed by atoms with Gasteiger partial charge in [0.15, 0.2) is 0 Å². The molecule has 0 spiro atoms. The molecule has 1 rings (SSSR count). The second kappa shape index (κ2) is 4.55. The third-order valence-electron chi connectivity index (χ3n) is 1.67. The summed E-state index contributed by atoms with van der Waals surface area (Å²) in [7, 11) is 0. The van der Waals surface area contributed by atoms with Crippen molar-refractivity contribution in [3.05, 3.63) is 17.8 Å². The first-order valence-corrected chi connectivity index (χ1v) is 4.39. The fraction of sp³-hybridized carbons (Fsp3) is 0.444. The topological polar surface area (TPSA) is 75.1 Å². The fourth-order valence-electron chi connectivity index (χ4n) is 0.829. The van der Waals surface area contributed by atoms with Gasteiger partial charge < -0.3 is 10.4 Å². The van der Waals surface area contributed by atoms with E-state index in [1.165, 1.54) is 6.07 Å². The van der Waals surface area contributed by atoms with Gasteiger partial charge in [-0.1, -0.05) is 13.8 Å². The van der Waals surface area contributed by atoms with Gasteiger partial charge in [0, 0.05) is 12.0 Å². The van der Waals surface area contributed by atoms with E-state index in [2.05, 4.69) is 15.5 Å². The number of rotatable bonds is 3. The molecule has 0 saturated carbocycles. The van der Waals surface area contributed by atoms with Crippen LogP contribution >= 0.6 is 0 Å². The van der Waals surface area contributed by atoms with E-state index >= 15 is 0 Å². The number of hydrogen-bond acceptors (Lipinski definition) is 4. The fourth-order valence-corrected chi connectivity index (χ4v) is 0.829. The molecule has 0 unspecified atom stereocenters. The molecule has 0 atom stereocenters. The van der Waals surface area contributed by atoms with Crippen LogP contribution in [0.5, 0.6) is 5.88 Å². The highest BCUT2D eigenvalue weighted by Gasteiger charge is 2.06. The van der Waals surface area contributed by atoms with Crippen LogP contribution in [-0.2, 0) is 11.3 Å². The van der Waals surface area contributed by atoms with Gasteiger partial charge >= 0.3 is 0 Å². The molecular formula is C9H13N3O2. The van der Waals surface area contributed by atoms with E-state index in [9.17, 15) is 4.79 Å². The van der Waals surface area contributed by atoms with Gasteiger partial charge in [0.1, 0.15) is 0 Å². The van der Waals surface area contributed by atoms with Crippen molar-refractivity contribution in [1.82, 2.24) is 15.5 Å². The molecule has 1 heterocycles. The summed E-state index contributed by atoms with van der Waals surface area (Å²) in [5.41, 5.74) is 0.622. The summed E-state index contributed by atoms with van der Waals surface area (Å²) in [4.78, 5) is 11.2. The molecule has 0 aliphatic heterocycles. The molecule has 0 aromatic carbocycles. The Hall–Kier alpha value is -1.65. The van der Waals surface area contributed by atoms with E-state index < -0.39 is 0 Å². The minimum absolute atomic E-state index is 0.0279. The summed E-state index contributed by atoms with van der Waals surface area (Å²) in [6.45, 7) is 3.97. The monoisotopic (exact) mass is 195 g/mol. The second-order valence-electron chi connectivity index (χ2n) is 3.26. The van der Waals surface area contributed by atoms with Gasteiger partial charge in [-0.3, -0.25) is 4.79 Å². The number of carbonyl (C=O) groups is 1. The summed E-state index contributed by atoms with van der Waals surface area (Å²) in [6, 6.07) is 3.05. The smallest absolute Gasteiger partial charge is 0.230 e. The van der Waals surface area contributed by atoms with Gasteiger partial charge in [0.2, 0.25) is 11.8 Å². The normalized spacial score (nSPS) is 10.2. The summed E-state index contributed by atoms with van der Waals surface area (Å²) in [6.07, 6.45) is 0. The zero-order valence-corrected chi connectivity index (χ0v) is 8.19. The lowest BCUT2D eigenvalue weighted by molar-refractivity contribution is -0.124. The maximum Gasteiger partial charge on any atom is 0.230 e. The van der Waals surface area contributed by atoms with Gasteiger partial charge in [0.05, 0.1) is 12.2 Å². The van der Waals surface area contributed by atoms with E-state index in [1.54, 1.807) is 6.07 Å². The van der Waals surface area contributed by atoms with E-state index in [4.69, 9.17) is 5.11 Å². The van der Waals surface area contributed by atoms with Gasteiger partial charge in [0.25, 0.3) is 0 Å². The number of carbonyl (C=O) groups excluding carboxylic acids is 1. The first-order valence-electron chi connectivity index (χ1n) is 4.39. The molecule has 1 aromatic rings. The Balaban J connectivity index is 2.46. The van der Waals surface area contributed by atoms with Crippen molar-refractivity contribution in [2.45, 2.75) is 20.4 Å². The first kappa shape index (κ1) is 10.4. The molecule has 0 radical (unpaired) electrons. The van der Waals surface area contributed by atoms with Crippen LogP contribution in [0.25, 0.3) is 0 Å². The highest BCUT2D eigenvalue weighted by Crippen LogP contribution is 2.01. The Labute approximate surface area is 82.2 Å². The van der Waals surface area contributed by atoms with Gasteiger partial charge in [-0.05, 0) is 6.07 Å². The van der Waals surface area contributed by atoms with Crippen molar-refractivity contribution >= 4 is 5.91 Å². The number of nitrogens with zero attached hydrogens (tertiary/aromatic N) is 2. The van der Waals surface area contributed by atoms with E-state index in [0.717, 1.165) is 0 Å². The molecule has 0 saturated heterocycles. The lowest BCUT2D eigenvalue weighted by Gasteiger charge is -2.06. The van der Waals surface area contributed by atoms with Crippen molar-refractivity contribution in [1.29, 1.82) is 0 Å². The van der Waals surface area contributed by atoms with Crippen molar-refractivity contribution < 1.29 is 9.90 Å². The van der Waals surface area contributed by atoms with Crippen molar-refractivity contribution in [3.63, 3.8) is 0 Å². The van der Waals surface area contributed by atoms with E-state index in [0.29, 0.717) is 12.2 Å².